The maximum atomic E-state index is 14.0. The molecular formula is C28H44N4O3. The van der Waals surface area contributed by atoms with Crippen molar-refractivity contribution in [1.29, 1.82) is 0 Å². The first-order chi connectivity index (χ1) is 16.5. The number of nitrogens with zero attached hydrogens (tertiary/aromatic N) is 1. The van der Waals surface area contributed by atoms with E-state index >= 15 is 0 Å². The quantitative estimate of drug-likeness (QED) is 0.326. The topological polar surface area (TPSA) is 105 Å². The number of hydrogen-bond donors (Lipinski definition) is 3. The van der Waals surface area contributed by atoms with E-state index in [0.717, 1.165) is 51.4 Å². The largest absolute Gasteiger partial charge is 0.363 e. The molecule has 0 aromatic rings. The molecule has 3 atom stereocenters. The van der Waals surface area contributed by atoms with E-state index < -0.39 is 34.6 Å². The molecule has 3 rings (SSSR count). The van der Waals surface area contributed by atoms with Crippen LogP contribution in [0.4, 0.5) is 0 Å². The van der Waals surface area contributed by atoms with Gasteiger partial charge in [-0.1, -0.05) is 71.8 Å². The summed E-state index contributed by atoms with van der Waals surface area (Å²) in [5.41, 5.74) is 4.58. The normalized spacial score (nSPS) is 23.9. The van der Waals surface area contributed by atoms with Crippen LogP contribution < -0.4 is 16.4 Å². The number of likely N-dealkylation sites (tertiary alicyclic amines) is 1. The SMILES string of the molecule is C#CC1(NC(=C)NC(C(=O)N2CCCC2C(CC2CCC2)C(=O)C(N)=O)C(C)(C)C)CCCCC1. The molecule has 1 aliphatic heterocycles. The number of hydrogen-bond acceptors (Lipinski definition) is 5. The second-order valence-electron chi connectivity index (χ2n) is 11.9. The Morgan fingerprint density at radius 3 is 2.29 bits per heavy atom. The van der Waals surface area contributed by atoms with Crippen LogP contribution in [0.25, 0.3) is 0 Å². The van der Waals surface area contributed by atoms with E-state index in [1.165, 1.54) is 6.42 Å². The van der Waals surface area contributed by atoms with Crippen molar-refractivity contribution < 1.29 is 14.4 Å². The highest BCUT2D eigenvalue weighted by Crippen LogP contribution is 2.38. The minimum Gasteiger partial charge on any atom is -0.363 e. The molecule has 4 N–H and O–H groups in total. The summed E-state index contributed by atoms with van der Waals surface area (Å²) in [6.07, 6.45) is 16.4. The smallest absolute Gasteiger partial charge is 0.285 e. The fraction of sp³-hybridized carbons (Fsp3) is 0.750. The summed E-state index contributed by atoms with van der Waals surface area (Å²) < 4.78 is 0. The highest BCUT2D eigenvalue weighted by molar-refractivity contribution is 6.36. The molecule has 35 heavy (non-hydrogen) atoms. The van der Waals surface area contributed by atoms with Crippen LogP contribution in [0.2, 0.25) is 0 Å². The Morgan fingerprint density at radius 2 is 1.77 bits per heavy atom. The van der Waals surface area contributed by atoms with Gasteiger partial charge in [0.2, 0.25) is 11.7 Å². The first kappa shape index (κ1) is 27.1. The predicted molar refractivity (Wildman–Crippen MR) is 138 cm³/mol. The van der Waals surface area contributed by atoms with E-state index in [-0.39, 0.29) is 11.9 Å². The van der Waals surface area contributed by atoms with Gasteiger partial charge in [0.15, 0.2) is 0 Å². The second kappa shape index (κ2) is 11.1. The van der Waals surface area contributed by atoms with Gasteiger partial charge in [-0.05, 0) is 43.4 Å². The van der Waals surface area contributed by atoms with Crippen LogP contribution in [0.3, 0.4) is 0 Å². The summed E-state index contributed by atoms with van der Waals surface area (Å²) in [4.78, 5) is 40.5. The number of ketones is 1. The van der Waals surface area contributed by atoms with E-state index in [4.69, 9.17) is 12.2 Å². The summed E-state index contributed by atoms with van der Waals surface area (Å²) in [5, 5.41) is 6.76. The number of carbonyl (C=O) groups is 3. The van der Waals surface area contributed by atoms with Crippen molar-refractivity contribution in [3.8, 4) is 12.3 Å². The van der Waals surface area contributed by atoms with Gasteiger partial charge in [0.25, 0.3) is 5.91 Å². The fourth-order valence-corrected chi connectivity index (χ4v) is 5.97. The van der Waals surface area contributed by atoms with Gasteiger partial charge in [0, 0.05) is 18.5 Å². The molecule has 3 unspecified atom stereocenters. The maximum absolute atomic E-state index is 14.0. The van der Waals surface area contributed by atoms with Crippen LogP contribution in [0, 0.1) is 29.6 Å². The van der Waals surface area contributed by atoms with Gasteiger partial charge in [-0.3, -0.25) is 14.4 Å². The second-order valence-corrected chi connectivity index (χ2v) is 11.9. The Labute approximate surface area is 211 Å². The average Bonchev–Trinajstić information content (AvgIpc) is 3.25. The van der Waals surface area contributed by atoms with Crippen molar-refractivity contribution in [2.75, 3.05) is 6.54 Å². The van der Waals surface area contributed by atoms with Gasteiger partial charge in [-0.2, -0.15) is 0 Å². The van der Waals surface area contributed by atoms with Crippen LogP contribution >= 0.6 is 0 Å². The molecule has 2 saturated carbocycles. The highest BCUT2D eigenvalue weighted by atomic mass is 16.2. The lowest BCUT2D eigenvalue weighted by Crippen LogP contribution is -2.58. The van der Waals surface area contributed by atoms with Gasteiger partial charge < -0.3 is 21.3 Å². The highest BCUT2D eigenvalue weighted by Gasteiger charge is 2.45. The van der Waals surface area contributed by atoms with E-state index in [1.807, 2.05) is 25.7 Å². The number of carbonyl (C=O) groups excluding carboxylic acids is 3. The molecule has 7 heteroatoms. The summed E-state index contributed by atoms with van der Waals surface area (Å²) in [7, 11) is 0. The first-order valence-corrected chi connectivity index (χ1v) is 13.3. The van der Waals surface area contributed by atoms with Crippen LogP contribution in [-0.2, 0) is 14.4 Å². The molecule has 0 radical (unpaired) electrons. The van der Waals surface area contributed by atoms with Gasteiger partial charge in [0.05, 0.1) is 11.4 Å². The van der Waals surface area contributed by atoms with Crippen molar-refractivity contribution in [1.82, 2.24) is 15.5 Å². The monoisotopic (exact) mass is 484 g/mol. The third kappa shape index (κ3) is 6.39. The van der Waals surface area contributed by atoms with Gasteiger partial charge in [-0.15, -0.1) is 6.42 Å². The number of nitrogens with two attached hydrogens (primary N) is 1. The van der Waals surface area contributed by atoms with Crippen molar-refractivity contribution in [2.45, 2.75) is 109 Å². The van der Waals surface area contributed by atoms with Crippen molar-refractivity contribution in [3.05, 3.63) is 12.4 Å². The zero-order valence-corrected chi connectivity index (χ0v) is 21.8. The molecule has 194 valence electrons. The molecule has 3 aliphatic rings. The molecule has 0 bridgehead atoms. The number of nitrogens with one attached hydrogen (secondary N) is 2. The summed E-state index contributed by atoms with van der Waals surface area (Å²) in [5.74, 6) is 1.87. The Morgan fingerprint density at radius 1 is 1.11 bits per heavy atom. The van der Waals surface area contributed by atoms with Crippen LogP contribution in [0.15, 0.2) is 12.4 Å². The third-order valence-electron chi connectivity index (χ3n) is 8.24. The lowest BCUT2D eigenvalue weighted by molar-refractivity contribution is -0.144. The zero-order valence-electron chi connectivity index (χ0n) is 21.8. The molecule has 1 heterocycles. The number of amides is 2. The Kier molecular flexibility index (Phi) is 8.56. The van der Waals surface area contributed by atoms with Crippen LogP contribution in [0.5, 0.6) is 0 Å². The molecule has 3 fully saturated rings. The Hall–Kier alpha value is -2.49. The molecule has 0 aromatic heterocycles. The van der Waals surface area contributed by atoms with Gasteiger partial charge >= 0.3 is 0 Å². The number of terminal acetylenes is 1. The molecule has 2 amide bonds. The average molecular weight is 485 g/mol. The Balaban J connectivity index is 1.77. The fourth-order valence-electron chi connectivity index (χ4n) is 5.97. The number of rotatable bonds is 10. The molecule has 1 saturated heterocycles. The first-order valence-electron chi connectivity index (χ1n) is 13.3. The van der Waals surface area contributed by atoms with Gasteiger partial charge in [-0.25, -0.2) is 0 Å². The Bertz CT molecular complexity index is 858. The summed E-state index contributed by atoms with van der Waals surface area (Å²) in [6, 6.07) is -0.860. The lowest BCUT2D eigenvalue weighted by atomic mass is 9.75. The number of Topliss-reactive ketones (excluding diaryl/α,β-unsaturated/α-hetero) is 1. The number of primary amides is 1. The van der Waals surface area contributed by atoms with E-state index in [9.17, 15) is 14.4 Å². The van der Waals surface area contributed by atoms with Crippen molar-refractivity contribution >= 4 is 17.6 Å². The maximum Gasteiger partial charge on any atom is 0.285 e. The van der Waals surface area contributed by atoms with Gasteiger partial charge in [0.1, 0.15) is 6.04 Å². The van der Waals surface area contributed by atoms with Crippen LogP contribution in [-0.4, -0.2) is 46.7 Å². The van der Waals surface area contributed by atoms with Crippen molar-refractivity contribution in [3.63, 3.8) is 0 Å². The predicted octanol–water partition coefficient (Wildman–Crippen LogP) is 3.24. The lowest BCUT2D eigenvalue weighted by Gasteiger charge is -2.41. The standard InChI is InChI=1S/C28H44N4O3/c1-6-28(15-8-7-9-16-28)31-19(2)30-24(27(3,4)5)26(35)32-17-11-14-22(32)21(23(33)25(29)34)18-20-12-10-13-20/h1,20-22,24,30-31H,2,7-18H2,3-5H3,(H2,29,34). The minimum absolute atomic E-state index is 0.0720. The minimum atomic E-state index is -0.899. The van der Waals surface area contributed by atoms with E-state index in [2.05, 4.69) is 23.1 Å². The zero-order chi connectivity index (χ0) is 25.8. The molecule has 0 spiro atoms. The third-order valence-corrected chi connectivity index (χ3v) is 8.24. The summed E-state index contributed by atoms with van der Waals surface area (Å²) in [6.45, 7) is 10.8. The molecule has 7 nitrogen and oxygen atoms in total. The van der Waals surface area contributed by atoms with E-state index in [0.29, 0.717) is 31.1 Å². The summed E-state index contributed by atoms with van der Waals surface area (Å²) >= 11 is 0. The van der Waals surface area contributed by atoms with Crippen LogP contribution in [0.1, 0.15) is 91.4 Å². The molecule has 2 aliphatic carbocycles. The molecule has 0 aromatic carbocycles. The van der Waals surface area contributed by atoms with Crippen molar-refractivity contribution in [2.24, 2.45) is 23.0 Å². The molecular weight excluding hydrogens is 440 g/mol. The van der Waals surface area contributed by atoms with E-state index in [1.54, 1.807) is 0 Å².